The number of para-hydroxylation sites is 1. The molecular formula is C50H45N2+. The summed E-state index contributed by atoms with van der Waals surface area (Å²) in [6.45, 7) is 9.60. The molecule has 0 bridgehead atoms. The molecule has 9 rings (SSSR count). The van der Waals surface area contributed by atoms with Crippen LogP contribution in [0.3, 0.4) is 0 Å². The van der Waals surface area contributed by atoms with Crippen molar-refractivity contribution in [2.24, 2.45) is 0 Å². The lowest BCUT2D eigenvalue weighted by atomic mass is 9.58. The van der Waals surface area contributed by atoms with Crippen LogP contribution in [0.4, 0.5) is 0 Å². The Morgan fingerprint density at radius 2 is 1.15 bits per heavy atom. The van der Waals surface area contributed by atoms with Crippen LogP contribution >= 0.6 is 0 Å². The molecule has 1 atom stereocenters. The van der Waals surface area contributed by atoms with E-state index in [-0.39, 0.29) is 11.0 Å². The van der Waals surface area contributed by atoms with Gasteiger partial charge in [-0.1, -0.05) is 124 Å². The summed E-state index contributed by atoms with van der Waals surface area (Å²) < 4.78 is 5.08. The molecule has 1 aliphatic heterocycles. The van der Waals surface area contributed by atoms with E-state index < -0.39 is 0 Å². The molecule has 0 aliphatic carbocycles. The molecule has 254 valence electrons. The topological polar surface area (TPSA) is 8.81 Å². The van der Waals surface area contributed by atoms with Crippen molar-refractivity contribution in [1.29, 1.82) is 0 Å². The normalized spacial score (nSPS) is 16.2. The maximum Gasteiger partial charge on any atom is 0.213 e. The number of rotatable bonds is 7. The Morgan fingerprint density at radius 1 is 0.500 bits per heavy atom. The standard InChI is InChI=1S/C50H45N2/c1-5-49(4)44-29-28-38(32-43(44)45-26-16-17-30-51(45)50(49,6-2)7-3)37-23-18-24-40(31-37)52-46-27-15-14-25-41(46)48-42(36-21-12-9-13-22-36)33-39(34-47(48)52)35-19-10-8-11-20-35/h8-34H,5-7H2,1-4H3/q+1. The van der Waals surface area contributed by atoms with Gasteiger partial charge >= 0.3 is 0 Å². The lowest BCUT2D eigenvalue weighted by Gasteiger charge is -2.47. The molecule has 0 fully saturated rings. The summed E-state index contributed by atoms with van der Waals surface area (Å²) >= 11 is 0. The molecule has 1 aliphatic rings. The van der Waals surface area contributed by atoms with E-state index in [2.05, 4.69) is 201 Å². The summed E-state index contributed by atoms with van der Waals surface area (Å²) in [4.78, 5) is 0. The summed E-state index contributed by atoms with van der Waals surface area (Å²) in [5, 5.41) is 2.54. The average Bonchev–Trinajstić information content (AvgIpc) is 3.56. The number of benzene rings is 6. The first kappa shape index (κ1) is 32.2. The molecule has 8 aromatic rings. The van der Waals surface area contributed by atoms with Crippen molar-refractivity contribution >= 4 is 21.8 Å². The van der Waals surface area contributed by atoms with Crippen LogP contribution in [0.1, 0.15) is 52.5 Å². The molecule has 6 aromatic carbocycles. The number of aromatic nitrogens is 2. The monoisotopic (exact) mass is 673 g/mol. The van der Waals surface area contributed by atoms with E-state index in [0.29, 0.717) is 0 Å². The van der Waals surface area contributed by atoms with Gasteiger partial charge in [0.1, 0.15) is 0 Å². The van der Waals surface area contributed by atoms with Gasteiger partial charge in [0.25, 0.3) is 0 Å². The fourth-order valence-electron chi connectivity index (χ4n) is 9.70. The zero-order valence-electron chi connectivity index (χ0n) is 30.6. The van der Waals surface area contributed by atoms with Crippen molar-refractivity contribution in [3.05, 3.63) is 169 Å². The number of nitrogens with zero attached hydrogens (tertiary/aromatic N) is 2. The molecule has 0 amide bonds. The highest BCUT2D eigenvalue weighted by molar-refractivity contribution is 6.17. The first-order valence-corrected chi connectivity index (χ1v) is 19.0. The summed E-state index contributed by atoms with van der Waals surface area (Å²) in [6.07, 6.45) is 5.59. The van der Waals surface area contributed by atoms with Crippen LogP contribution in [0.25, 0.3) is 72.1 Å². The third-order valence-electron chi connectivity index (χ3n) is 12.5. The van der Waals surface area contributed by atoms with Gasteiger partial charge in [-0.2, -0.15) is 4.57 Å². The lowest BCUT2D eigenvalue weighted by molar-refractivity contribution is -0.769. The van der Waals surface area contributed by atoms with E-state index in [1.807, 2.05) is 0 Å². The quantitative estimate of drug-likeness (QED) is 0.149. The van der Waals surface area contributed by atoms with Gasteiger partial charge < -0.3 is 4.57 Å². The van der Waals surface area contributed by atoms with Crippen molar-refractivity contribution in [2.45, 2.75) is 57.9 Å². The molecule has 52 heavy (non-hydrogen) atoms. The maximum absolute atomic E-state index is 2.60. The van der Waals surface area contributed by atoms with Gasteiger partial charge in [-0.05, 0) is 94.8 Å². The molecule has 1 unspecified atom stereocenters. The molecule has 0 spiro atoms. The van der Waals surface area contributed by atoms with Crippen LogP contribution in [0, 0.1) is 0 Å². The maximum atomic E-state index is 2.60. The molecular weight excluding hydrogens is 629 g/mol. The molecule has 2 aromatic heterocycles. The van der Waals surface area contributed by atoms with Crippen LogP contribution in [0.15, 0.2) is 164 Å². The third-order valence-corrected chi connectivity index (χ3v) is 12.5. The second kappa shape index (κ2) is 12.5. The van der Waals surface area contributed by atoms with E-state index in [1.54, 1.807) is 0 Å². The zero-order valence-corrected chi connectivity index (χ0v) is 30.6. The Kier molecular flexibility index (Phi) is 7.74. The van der Waals surface area contributed by atoms with Gasteiger partial charge in [0, 0.05) is 41.4 Å². The van der Waals surface area contributed by atoms with Crippen molar-refractivity contribution in [3.63, 3.8) is 0 Å². The summed E-state index contributed by atoms with van der Waals surface area (Å²) in [5.41, 5.74) is 15.1. The van der Waals surface area contributed by atoms with Crippen LogP contribution < -0.4 is 4.57 Å². The summed E-state index contributed by atoms with van der Waals surface area (Å²) in [7, 11) is 0. The van der Waals surface area contributed by atoms with E-state index in [4.69, 9.17) is 0 Å². The minimum atomic E-state index is 0.0150. The number of hydrogen-bond donors (Lipinski definition) is 0. The molecule has 3 heterocycles. The predicted molar refractivity (Wildman–Crippen MR) is 219 cm³/mol. The second-order valence-electron chi connectivity index (χ2n) is 14.7. The van der Waals surface area contributed by atoms with Crippen LogP contribution in [-0.2, 0) is 11.0 Å². The predicted octanol–water partition coefficient (Wildman–Crippen LogP) is 12.9. The number of hydrogen-bond acceptors (Lipinski definition) is 0. The zero-order chi connectivity index (χ0) is 35.5. The molecule has 0 N–H and O–H groups in total. The van der Waals surface area contributed by atoms with Crippen LogP contribution in [0.2, 0.25) is 0 Å². The van der Waals surface area contributed by atoms with Crippen LogP contribution in [0.5, 0.6) is 0 Å². The van der Waals surface area contributed by atoms with Crippen molar-refractivity contribution < 1.29 is 4.57 Å². The second-order valence-corrected chi connectivity index (χ2v) is 14.7. The largest absolute Gasteiger partial charge is 0.309 e. The molecule has 0 saturated heterocycles. The fraction of sp³-hybridized carbons (Fsp3) is 0.180. The van der Waals surface area contributed by atoms with Gasteiger partial charge in [0.2, 0.25) is 5.69 Å². The van der Waals surface area contributed by atoms with Crippen molar-refractivity contribution in [1.82, 2.24) is 4.57 Å². The van der Waals surface area contributed by atoms with Gasteiger partial charge in [-0.15, -0.1) is 0 Å². The third kappa shape index (κ3) is 4.67. The first-order valence-electron chi connectivity index (χ1n) is 19.0. The molecule has 0 radical (unpaired) electrons. The number of fused-ring (bicyclic) bond motifs is 6. The lowest BCUT2D eigenvalue weighted by Crippen LogP contribution is -2.68. The van der Waals surface area contributed by atoms with E-state index >= 15 is 0 Å². The summed E-state index contributed by atoms with van der Waals surface area (Å²) in [6, 6.07) is 58.4. The Labute approximate surface area is 307 Å². The Balaban J connectivity index is 1.27. The minimum Gasteiger partial charge on any atom is -0.309 e. The highest BCUT2D eigenvalue weighted by Crippen LogP contribution is 2.52. The van der Waals surface area contributed by atoms with Crippen molar-refractivity contribution in [3.8, 4) is 50.3 Å². The highest BCUT2D eigenvalue weighted by Gasteiger charge is 2.58. The minimum absolute atomic E-state index is 0.0150. The fourth-order valence-corrected chi connectivity index (χ4v) is 9.70. The van der Waals surface area contributed by atoms with Crippen molar-refractivity contribution in [2.75, 3.05) is 0 Å². The van der Waals surface area contributed by atoms with E-state index in [0.717, 1.165) is 24.9 Å². The SMILES string of the molecule is CCC1(C)c2ccc(-c3cccc(-n4c5ccccc5c5c(-c6ccccc6)cc(-c6ccccc6)cc54)c3)cc2-c2cccc[n+]2C1(CC)CC. The van der Waals surface area contributed by atoms with E-state index in [9.17, 15) is 0 Å². The number of pyridine rings is 1. The van der Waals surface area contributed by atoms with Gasteiger partial charge in [0.05, 0.1) is 22.0 Å². The smallest absolute Gasteiger partial charge is 0.213 e. The Morgan fingerprint density at radius 3 is 1.90 bits per heavy atom. The van der Waals surface area contributed by atoms with Crippen LogP contribution in [-0.4, -0.2) is 4.57 Å². The Hall–Kier alpha value is -5.73. The molecule has 0 saturated carbocycles. The van der Waals surface area contributed by atoms with Gasteiger partial charge in [0.15, 0.2) is 11.7 Å². The average molecular weight is 674 g/mol. The Bertz CT molecular complexity index is 2590. The first-order chi connectivity index (χ1) is 25.5. The molecule has 2 heteroatoms. The van der Waals surface area contributed by atoms with Gasteiger partial charge in [-0.25, -0.2) is 0 Å². The highest BCUT2D eigenvalue weighted by atomic mass is 15.1. The molecule has 2 nitrogen and oxygen atoms in total. The summed E-state index contributed by atoms with van der Waals surface area (Å²) in [5.74, 6) is 0. The van der Waals surface area contributed by atoms with Gasteiger partial charge in [-0.3, -0.25) is 0 Å². The van der Waals surface area contributed by atoms with E-state index in [1.165, 1.54) is 72.0 Å².